The molecule has 5 heteroatoms. The first-order valence-electron chi connectivity index (χ1n) is 6.59. The molecule has 0 aromatic heterocycles. The maximum Gasteiger partial charge on any atom is 0.137 e. The minimum atomic E-state index is -0.439. The first kappa shape index (κ1) is 15.9. The zero-order valence-electron chi connectivity index (χ0n) is 11.8. The van der Waals surface area contributed by atoms with Crippen LogP contribution in [0.5, 0.6) is 5.75 Å². The van der Waals surface area contributed by atoms with Crippen molar-refractivity contribution >= 4 is 15.9 Å². The van der Waals surface area contributed by atoms with Crippen LogP contribution in [0.3, 0.4) is 0 Å². The molecule has 0 saturated heterocycles. The first-order valence-corrected chi connectivity index (χ1v) is 7.38. The van der Waals surface area contributed by atoms with E-state index in [9.17, 15) is 8.78 Å². The van der Waals surface area contributed by atoms with Crippen molar-refractivity contribution < 1.29 is 13.5 Å². The summed E-state index contributed by atoms with van der Waals surface area (Å²) >= 11 is 3.24. The third kappa shape index (κ3) is 3.41. The Labute approximate surface area is 131 Å². The summed E-state index contributed by atoms with van der Waals surface area (Å²) in [6, 6.07) is 8.97. The Balaban J connectivity index is 2.51. The third-order valence-electron chi connectivity index (χ3n) is 3.22. The Bertz CT molecular complexity index is 634. The van der Waals surface area contributed by atoms with Crippen LogP contribution < -0.4 is 10.1 Å². The molecule has 0 bridgehead atoms. The summed E-state index contributed by atoms with van der Waals surface area (Å²) in [6.45, 7) is 2.54. The molecule has 1 N–H and O–H groups in total. The molecule has 0 aliphatic heterocycles. The van der Waals surface area contributed by atoms with Crippen LogP contribution >= 0.6 is 15.9 Å². The molecule has 0 amide bonds. The van der Waals surface area contributed by atoms with Gasteiger partial charge < -0.3 is 10.1 Å². The minimum Gasteiger partial charge on any atom is -0.497 e. The summed E-state index contributed by atoms with van der Waals surface area (Å²) in [5.41, 5.74) is 1.10. The van der Waals surface area contributed by atoms with Gasteiger partial charge in [0.2, 0.25) is 0 Å². The van der Waals surface area contributed by atoms with Crippen molar-refractivity contribution in [2.75, 3.05) is 13.7 Å². The number of halogens is 3. The molecule has 21 heavy (non-hydrogen) atoms. The highest BCUT2D eigenvalue weighted by Crippen LogP contribution is 2.32. The van der Waals surface area contributed by atoms with Gasteiger partial charge in [0.25, 0.3) is 0 Å². The van der Waals surface area contributed by atoms with E-state index in [1.807, 2.05) is 6.92 Å². The standard InChI is InChI=1S/C16H16BrF2NO/c1-3-20-16(12-5-4-6-13(18)15(12)17)11-8-7-10(21-2)9-14(11)19/h4-9,16,20H,3H2,1-2H3. The van der Waals surface area contributed by atoms with Crippen LogP contribution in [0.2, 0.25) is 0 Å². The molecule has 0 heterocycles. The molecular weight excluding hydrogens is 340 g/mol. The molecule has 0 saturated carbocycles. The number of hydrogen-bond acceptors (Lipinski definition) is 2. The molecule has 0 aliphatic rings. The van der Waals surface area contributed by atoms with Crippen LogP contribution in [0.15, 0.2) is 40.9 Å². The van der Waals surface area contributed by atoms with E-state index >= 15 is 0 Å². The molecule has 1 unspecified atom stereocenters. The summed E-state index contributed by atoms with van der Waals surface area (Å²) in [5.74, 6) is -0.314. The quantitative estimate of drug-likeness (QED) is 0.856. The van der Waals surface area contributed by atoms with Crippen LogP contribution in [-0.4, -0.2) is 13.7 Å². The van der Waals surface area contributed by atoms with E-state index in [0.29, 0.717) is 27.9 Å². The Morgan fingerprint density at radius 2 is 1.90 bits per heavy atom. The van der Waals surface area contributed by atoms with E-state index < -0.39 is 11.9 Å². The van der Waals surface area contributed by atoms with Gasteiger partial charge in [-0.3, -0.25) is 0 Å². The van der Waals surface area contributed by atoms with E-state index in [2.05, 4.69) is 21.2 Å². The molecule has 0 fully saturated rings. The molecule has 112 valence electrons. The second-order valence-electron chi connectivity index (χ2n) is 4.52. The second kappa shape index (κ2) is 7.00. The van der Waals surface area contributed by atoms with Crippen molar-refractivity contribution in [1.82, 2.24) is 5.32 Å². The monoisotopic (exact) mass is 355 g/mol. The highest BCUT2D eigenvalue weighted by Gasteiger charge is 2.21. The van der Waals surface area contributed by atoms with Gasteiger partial charge in [-0.1, -0.05) is 25.1 Å². The lowest BCUT2D eigenvalue weighted by Gasteiger charge is -2.21. The van der Waals surface area contributed by atoms with Gasteiger partial charge in [0.1, 0.15) is 17.4 Å². The number of benzene rings is 2. The van der Waals surface area contributed by atoms with Crippen molar-refractivity contribution in [2.45, 2.75) is 13.0 Å². The number of nitrogens with one attached hydrogen (secondary N) is 1. The second-order valence-corrected chi connectivity index (χ2v) is 5.31. The summed E-state index contributed by atoms with van der Waals surface area (Å²) in [6.07, 6.45) is 0. The maximum absolute atomic E-state index is 14.3. The number of ether oxygens (including phenoxy) is 1. The average molecular weight is 356 g/mol. The van der Waals surface area contributed by atoms with Crippen molar-refractivity contribution in [1.29, 1.82) is 0 Å². The Kier molecular flexibility index (Phi) is 5.31. The van der Waals surface area contributed by atoms with Crippen molar-refractivity contribution in [2.24, 2.45) is 0 Å². The average Bonchev–Trinajstić information content (AvgIpc) is 2.48. The van der Waals surface area contributed by atoms with Gasteiger partial charge in [0, 0.05) is 11.6 Å². The normalized spacial score (nSPS) is 12.2. The summed E-state index contributed by atoms with van der Waals surface area (Å²) in [7, 11) is 1.49. The molecule has 0 radical (unpaired) electrons. The van der Waals surface area contributed by atoms with Gasteiger partial charge in [0.05, 0.1) is 17.6 Å². The lowest BCUT2D eigenvalue weighted by atomic mass is 9.98. The zero-order valence-corrected chi connectivity index (χ0v) is 13.4. The van der Waals surface area contributed by atoms with Gasteiger partial charge in [-0.15, -0.1) is 0 Å². The van der Waals surface area contributed by atoms with Crippen molar-refractivity contribution in [3.63, 3.8) is 0 Å². The fourth-order valence-corrected chi connectivity index (χ4v) is 2.70. The minimum absolute atomic E-state index is 0.339. The van der Waals surface area contributed by atoms with E-state index in [0.717, 1.165) is 0 Å². The van der Waals surface area contributed by atoms with Crippen molar-refractivity contribution in [3.05, 3.63) is 63.6 Å². The van der Waals surface area contributed by atoms with Gasteiger partial charge in [0.15, 0.2) is 0 Å². The predicted octanol–water partition coefficient (Wildman–Crippen LogP) is 4.43. The molecule has 0 spiro atoms. The van der Waals surface area contributed by atoms with E-state index in [1.165, 1.54) is 19.2 Å². The van der Waals surface area contributed by atoms with E-state index in [4.69, 9.17) is 4.74 Å². The van der Waals surface area contributed by atoms with Crippen LogP contribution in [0.1, 0.15) is 24.1 Å². The molecule has 2 aromatic carbocycles. The molecule has 2 nitrogen and oxygen atoms in total. The van der Waals surface area contributed by atoms with Crippen LogP contribution in [0.4, 0.5) is 8.78 Å². The highest BCUT2D eigenvalue weighted by molar-refractivity contribution is 9.10. The Morgan fingerprint density at radius 3 is 2.52 bits per heavy atom. The Hall–Kier alpha value is -1.46. The zero-order chi connectivity index (χ0) is 15.4. The van der Waals surface area contributed by atoms with E-state index in [1.54, 1.807) is 24.3 Å². The summed E-state index contributed by atoms with van der Waals surface area (Å²) in [4.78, 5) is 0. The van der Waals surface area contributed by atoms with Gasteiger partial charge in [-0.25, -0.2) is 8.78 Å². The predicted molar refractivity (Wildman–Crippen MR) is 82.6 cm³/mol. The first-order chi connectivity index (χ1) is 10.1. The SMILES string of the molecule is CCNC(c1ccc(OC)cc1F)c1cccc(F)c1Br. The van der Waals surface area contributed by atoms with Gasteiger partial charge >= 0.3 is 0 Å². The fraction of sp³-hybridized carbons (Fsp3) is 0.250. The van der Waals surface area contributed by atoms with E-state index in [-0.39, 0.29) is 5.82 Å². The molecule has 2 rings (SSSR count). The number of hydrogen-bond donors (Lipinski definition) is 1. The number of rotatable bonds is 5. The maximum atomic E-state index is 14.3. The summed E-state index contributed by atoms with van der Waals surface area (Å²) < 4.78 is 33.4. The molecule has 2 aromatic rings. The highest BCUT2D eigenvalue weighted by atomic mass is 79.9. The van der Waals surface area contributed by atoms with Crippen molar-refractivity contribution in [3.8, 4) is 5.75 Å². The molecular formula is C16H16BrF2NO. The smallest absolute Gasteiger partial charge is 0.137 e. The van der Waals surface area contributed by atoms with Crippen LogP contribution in [0.25, 0.3) is 0 Å². The lowest BCUT2D eigenvalue weighted by molar-refractivity contribution is 0.410. The van der Waals surface area contributed by atoms with Gasteiger partial charge in [-0.05, 0) is 40.2 Å². The third-order valence-corrected chi connectivity index (χ3v) is 4.06. The molecule has 1 atom stereocenters. The topological polar surface area (TPSA) is 21.3 Å². The van der Waals surface area contributed by atoms with Crippen LogP contribution in [0, 0.1) is 11.6 Å². The Morgan fingerprint density at radius 1 is 1.14 bits per heavy atom. The molecule has 0 aliphatic carbocycles. The summed E-state index contributed by atoms with van der Waals surface area (Å²) in [5, 5.41) is 3.18. The fourth-order valence-electron chi connectivity index (χ4n) is 2.20. The lowest BCUT2D eigenvalue weighted by Crippen LogP contribution is -2.23. The van der Waals surface area contributed by atoms with Crippen LogP contribution in [-0.2, 0) is 0 Å². The largest absolute Gasteiger partial charge is 0.497 e. The number of methoxy groups -OCH3 is 1. The van der Waals surface area contributed by atoms with Gasteiger partial charge in [-0.2, -0.15) is 0 Å².